The van der Waals surface area contributed by atoms with Crippen LogP contribution in [0.4, 0.5) is 5.69 Å². The predicted molar refractivity (Wildman–Crippen MR) is 70.2 cm³/mol. The Bertz CT molecular complexity index is 447. The lowest BCUT2D eigenvalue weighted by molar-refractivity contribution is -0.138. The Balaban J connectivity index is 1.97. The topological polar surface area (TPSA) is 58.6 Å². The Morgan fingerprint density at radius 2 is 2.06 bits per heavy atom. The average molecular weight is 249 g/mol. The van der Waals surface area contributed by atoms with Crippen LogP contribution >= 0.6 is 0 Å². The maximum atomic E-state index is 10.7. The van der Waals surface area contributed by atoms with Gasteiger partial charge in [0, 0.05) is 12.2 Å². The molecule has 4 nitrogen and oxygen atoms in total. The number of aryl methyl sites for hydroxylation is 2. The first-order chi connectivity index (χ1) is 8.52. The lowest BCUT2D eigenvalue weighted by atomic mass is 10.1. The first-order valence-corrected chi connectivity index (χ1v) is 6.15. The van der Waals surface area contributed by atoms with E-state index in [1.54, 1.807) is 7.11 Å². The van der Waals surface area contributed by atoms with Gasteiger partial charge in [-0.1, -0.05) is 0 Å². The third kappa shape index (κ3) is 2.58. The highest BCUT2D eigenvalue weighted by Crippen LogP contribution is 2.38. The molecule has 1 aromatic carbocycles. The van der Waals surface area contributed by atoms with E-state index in [1.165, 1.54) is 0 Å². The van der Waals surface area contributed by atoms with Gasteiger partial charge >= 0.3 is 5.97 Å². The fraction of sp³-hybridized carbons (Fsp3) is 0.500. The summed E-state index contributed by atoms with van der Waals surface area (Å²) in [6, 6.07) is 4.06. The molecule has 2 atom stereocenters. The molecule has 98 valence electrons. The molecule has 4 heteroatoms. The Labute approximate surface area is 107 Å². The molecule has 1 fully saturated rings. The number of nitrogens with one attached hydrogen (secondary N) is 1. The maximum Gasteiger partial charge on any atom is 0.306 e. The second-order valence-electron chi connectivity index (χ2n) is 4.96. The van der Waals surface area contributed by atoms with Gasteiger partial charge in [-0.05, 0) is 49.4 Å². The van der Waals surface area contributed by atoms with Crippen molar-refractivity contribution in [2.45, 2.75) is 20.3 Å². The minimum Gasteiger partial charge on any atom is -0.496 e. The Hall–Kier alpha value is -1.71. The van der Waals surface area contributed by atoms with Crippen LogP contribution in [0.5, 0.6) is 5.75 Å². The van der Waals surface area contributed by atoms with Gasteiger partial charge in [0.15, 0.2) is 0 Å². The molecule has 0 bridgehead atoms. The Morgan fingerprint density at radius 1 is 1.44 bits per heavy atom. The fourth-order valence-corrected chi connectivity index (χ4v) is 2.40. The first-order valence-electron chi connectivity index (χ1n) is 6.15. The van der Waals surface area contributed by atoms with Crippen molar-refractivity contribution in [1.29, 1.82) is 0 Å². The van der Waals surface area contributed by atoms with Crippen molar-refractivity contribution >= 4 is 11.7 Å². The normalized spacial score (nSPS) is 21.5. The number of carboxylic acids is 1. The van der Waals surface area contributed by atoms with Gasteiger partial charge in [-0.3, -0.25) is 4.79 Å². The summed E-state index contributed by atoms with van der Waals surface area (Å²) in [5.41, 5.74) is 3.21. The lowest BCUT2D eigenvalue weighted by Gasteiger charge is -2.12. The van der Waals surface area contributed by atoms with Gasteiger partial charge in [0.2, 0.25) is 0 Å². The largest absolute Gasteiger partial charge is 0.496 e. The number of ether oxygens (including phenoxy) is 1. The molecule has 2 unspecified atom stereocenters. The number of carboxylic acid groups (broad SMARTS) is 1. The van der Waals surface area contributed by atoms with Crippen molar-refractivity contribution in [3.63, 3.8) is 0 Å². The van der Waals surface area contributed by atoms with Crippen molar-refractivity contribution in [2.75, 3.05) is 19.0 Å². The smallest absolute Gasteiger partial charge is 0.306 e. The quantitative estimate of drug-likeness (QED) is 0.841. The summed E-state index contributed by atoms with van der Waals surface area (Å²) in [7, 11) is 1.67. The summed E-state index contributed by atoms with van der Waals surface area (Å²) in [5.74, 6) is 0.349. The number of carbonyl (C=O) groups is 1. The van der Waals surface area contributed by atoms with Gasteiger partial charge in [0.1, 0.15) is 5.75 Å². The molecule has 1 aliphatic carbocycles. The second-order valence-corrected chi connectivity index (χ2v) is 4.96. The monoisotopic (exact) mass is 249 g/mol. The number of anilines is 1. The third-order valence-corrected chi connectivity index (χ3v) is 3.47. The fourth-order valence-electron chi connectivity index (χ4n) is 2.40. The molecule has 0 radical (unpaired) electrons. The van der Waals surface area contributed by atoms with Crippen molar-refractivity contribution < 1.29 is 14.6 Å². The van der Waals surface area contributed by atoms with Crippen LogP contribution in [0.1, 0.15) is 17.5 Å². The zero-order valence-electron chi connectivity index (χ0n) is 11.0. The summed E-state index contributed by atoms with van der Waals surface area (Å²) < 4.78 is 5.31. The zero-order chi connectivity index (χ0) is 13.3. The zero-order valence-corrected chi connectivity index (χ0v) is 11.0. The molecule has 1 aliphatic rings. The van der Waals surface area contributed by atoms with Gasteiger partial charge in [-0.2, -0.15) is 0 Å². The van der Waals surface area contributed by atoms with E-state index >= 15 is 0 Å². The van der Waals surface area contributed by atoms with Crippen molar-refractivity contribution in [3.8, 4) is 5.75 Å². The van der Waals surface area contributed by atoms with Crippen LogP contribution < -0.4 is 10.1 Å². The van der Waals surface area contributed by atoms with Crippen LogP contribution in [0.15, 0.2) is 12.1 Å². The number of benzene rings is 1. The number of aliphatic carboxylic acids is 1. The van der Waals surface area contributed by atoms with E-state index in [0.29, 0.717) is 0 Å². The minimum atomic E-state index is -0.677. The molecule has 0 saturated heterocycles. The number of hydrogen-bond acceptors (Lipinski definition) is 3. The molecule has 0 aromatic heterocycles. The Morgan fingerprint density at radius 3 is 2.50 bits per heavy atom. The molecule has 0 aliphatic heterocycles. The van der Waals surface area contributed by atoms with Crippen molar-refractivity contribution in [1.82, 2.24) is 0 Å². The van der Waals surface area contributed by atoms with Crippen LogP contribution in [0.3, 0.4) is 0 Å². The molecule has 1 aromatic rings. The standard InChI is InChI=1S/C14H19NO3/c1-8-4-11(5-9(2)13(8)18-3)15-7-10-6-12(10)14(16)17/h4-5,10,12,15H,6-7H2,1-3H3,(H,16,17). The second kappa shape index (κ2) is 4.88. The van der Waals surface area contributed by atoms with E-state index in [4.69, 9.17) is 9.84 Å². The molecule has 0 spiro atoms. The van der Waals surface area contributed by atoms with E-state index in [-0.39, 0.29) is 11.8 Å². The predicted octanol–water partition coefficient (Wildman–Crippen LogP) is 2.44. The molecule has 2 rings (SSSR count). The molecule has 1 saturated carbocycles. The number of rotatable bonds is 5. The van der Waals surface area contributed by atoms with Crippen LogP contribution in [0, 0.1) is 25.7 Å². The number of methoxy groups -OCH3 is 1. The highest BCUT2D eigenvalue weighted by atomic mass is 16.5. The molecule has 18 heavy (non-hydrogen) atoms. The third-order valence-electron chi connectivity index (χ3n) is 3.47. The molecular formula is C14H19NO3. The molecule has 2 N–H and O–H groups in total. The number of hydrogen-bond donors (Lipinski definition) is 2. The first kappa shape index (κ1) is 12.7. The minimum absolute atomic E-state index is 0.155. The van der Waals surface area contributed by atoms with Gasteiger partial charge in [0.25, 0.3) is 0 Å². The molecular weight excluding hydrogens is 230 g/mol. The van der Waals surface area contributed by atoms with Crippen LogP contribution in [-0.2, 0) is 4.79 Å². The van der Waals surface area contributed by atoms with Crippen LogP contribution in [0.2, 0.25) is 0 Å². The van der Waals surface area contributed by atoms with Gasteiger partial charge in [0.05, 0.1) is 13.0 Å². The van der Waals surface area contributed by atoms with Crippen molar-refractivity contribution in [2.24, 2.45) is 11.8 Å². The van der Waals surface area contributed by atoms with E-state index < -0.39 is 5.97 Å². The van der Waals surface area contributed by atoms with E-state index in [2.05, 4.69) is 5.32 Å². The summed E-state index contributed by atoms with van der Waals surface area (Å²) in [4.78, 5) is 10.7. The van der Waals surface area contributed by atoms with E-state index in [9.17, 15) is 4.79 Å². The average Bonchev–Trinajstić information content (AvgIpc) is 3.05. The van der Waals surface area contributed by atoms with Crippen LogP contribution in [-0.4, -0.2) is 24.7 Å². The summed E-state index contributed by atoms with van der Waals surface area (Å²) in [5, 5.41) is 12.1. The lowest BCUT2D eigenvalue weighted by Crippen LogP contribution is -2.09. The van der Waals surface area contributed by atoms with Gasteiger partial charge < -0.3 is 15.2 Å². The SMILES string of the molecule is COc1c(C)cc(NCC2CC2C(=O)O)cc1C. The Kier molecular flexibility index (Phi) is 3.45. The van der Waals surface area contributed by atoms with Gasteiger partial charge in [-0.25, -0.2) is 0 Å². The summed E-state index contributed by atoms with van der Waals surface area (Å²) in [6.45, 7) is 4.74. The highest BCUT2D eigenvalue weighted by molar-refractivity contribution is 5.73. The summed E-state index contributed by atoms with van der Waals surface area (Å²) >= 11 is 0. The van der Waals surface area contributed by atoms with E-state index in [0.717, 1.165) is 35.5 Å². The summed E-state index contributed by atoms with van der Waals surface area (Å²) in [6.07, 6.45) is 0.788. The van der Waals surface area contributed by atoms with E-state index in [1.807, 2.05) is 26.0 Å². The highest BCUT2D eigenvalue weighted by Gasteiger charge is 2.42. The maximum absolute atomic E-state index is 10.7. The van der Waals surface area contributed by atoms with Crippen LogP contribution in [0.25, 0.3) is 0 Å². The van der Waals surface area contributed by atoms with Crippen molar-refractivity contribution in [3.05, 3.63) is 23.3 Å². The van der Waals surface area contributed by atoms with Gasteiger partial charge in [-0.15, -0.1) is 0 Å². The molecule has 0 heterocycles. The molecule has 0 amide bonds.